The van der Waals surface area contributed by atoms with E-state index in [0.29, 0.717) is 17.9 Å². The summed E-state index contributed by atoms with van der Waals surface area (Å²) in [5.41, 5.74) is 2.72. The van der Waals surface area contributed by atoms with Crippen LogP contribution in [0.5, 0.6) is 5.75 Å². The fraction of sp³-hybridized carbons (Fsp3) is 0.286. The van der Waals surface area contributed by atoms with Crippen molar-refractivity contribution in [2.24, 2.45) is 0 Å². The van der Waals surface area contributed by atoms with Crippen molar-refractivity contribution < 1.29 is 9.90 Å². The largest absolute Gasteiger partial charge is 0.508 e. The quantitative estimate of drug-likeness (QED) is 0.832. The maximum atomic E-state index is 12.2. The molecule has 5 heteroatoms. The number of phenols is 1. The number of aromatic nitrogens is 2. The molecule has 19 heavy (non-hydrogen) atoms. The second-order valence-electron chi connectivity index (χ2n) is 4.44. The number of hydrogen-bond donors (Lipinski definition) is 2. The average molecular weight is 259 g/mol. The predicted molar refractivity (Wildman–Crippen MR) is 73.4 cm³/mol. The van der Waals surface area contributed by atoms with E-state index in [9.17, 15) is 9.90 Å². The van der Waals surface area contributed by atoms with Crippen molar-refractivity contribution in [3.63, 3.8) is 0 Å². The van der Waals surface area contributed by atoms with E-state index in [1.807, 2.05) is 13.8 Å². The molecule has 100 valence electrons. The van der Waals surface area contributed by atoms with Crippen molar-refractivity contribution in [1.29, 1.82) is 0 Å². The van der Waals surface area contributed by atoms with Crippen LogP contribution in [0.25, 0.3) is 0 Å². The summed E-state index contributed by atoms with van der Waals surface area (Å²) in [7, 11) is 0. The zero-order valence-electron chi connectivity index (χ0n) is 11.3. The van der Waals surface area contributed by atoms with Crippen LogP contribution in [0.2, 0.25) is 0 Å². The number of amides is 1. The van der Waals surface area contributed by atoms with Crippen molar-refractivity contribution >= 4 is 11.6 Å². The maximum Gasteiger partial charge on any atom is 0.273 e. The van der Waals surface area contributed by atoms with E-state index in [4.69, 9.17) is 0 Å². The molecule has 2 aromatic rings. The molecule has 0 fully saturated rings. The first-order chi connectivity index (χ1) is 9.01. The molecule has 0 aliphatic carbocycles. The van der Waals surface area contributed by atoms with Crippen LogP contribution >= 0.6 is 0 Å². The molecule has 0 aliphatic rings. The molecule has 1 amide bonds. The van der Waals surface area contributed by atoms with Crippen molar-refractivity contribution in [2.75, 3.05) is 5.32 Å². The van der Waals surface area contributed by atoms with Crippen LogP contribution in [-0.2, 0) is 6.54 Å². The van der Waals surface area contributed by atoms with Crippen LogP contribution in [0, 0.1) is 13.8 Å². The van der Waals surface area contributed by atoms with Crippen molar-refractivity contribution in [3.8, 4) is 5.75 Å². The molecular formula is C14H17N3O2. The maximum absolute atomic E-state index is 12.2. The number of phenolic OH excluding ortho intramolecular Hbond substituents is 1. The van der Waals surface area contributed by atoms with Crippen LogP contribution in [0.3, 0.4) is 0 Å². The molecule has 0 atom stereocenters. The molecule has 0 spiro atoms. The van der Waals surface area contributed by atoms with Gasteiger partial charge in [-0.2, -0.15) is 5.10 Å². The molecule has 0 aliphatic heterocycles. The third kappa shape index (κ3) is 2.76. The van der Waals surface area contributed by atoms with E-state index >= 15 is 0 Å². The van der Waals surface area contributed by atoms with Gasteiger partial charge in [0.2, 0.25) is 0 Å². The van der Waals surface area contributed by atoms with Crippen molar-refractivity contribution in [1.82, 2.24) is 9.78 Å². The van der Waals surface area contributed by atoms with E-state index in [1.165, 1.54) is 0 Å². The summed E-state index contributed by atoms with van der Waals surface area (Å²) >= 11 is 0. The third-order valence-electron chi connectivity index (χ3n) is 2.89. The fourth-order valence-electron chi connectivity index (χ4n) is 1.90. The highest BCUT2D eigenvalue weighted by Crippen LogP contribution is 2.20. The van der Waals surface area contributed by atoms with Gasteiger partial charge in [-0.15, -0.1) is 0 Å². The monoisotopic (exact) mass is 259 g/mol. The Morgan fingerprint density at radius 3 is 2.74 bits per heavy atom. The summed E-state index contributed by atoms with van der Waals surface area (Å²) in [6.45, 7) is 6.22. The lowest BCUT2D eigenvalue weighted by Crippen LogP contribution is -2.17. The molecule has 0 radical (unpaired) electrons. The number of hydrogen-bond acceptors (Lipinski definition) is 3. The van der Waals surface area contributed by atoms with Gasteiger partial charge >= 0.3 is 0 Å². The number of aromatic hydroxyl groups is 1. The first-order valence-electron chi connectivity index (χ1n) is 6.16. The zero-order chi connectivity index (χ0) is 14.0. The summed E-state index contributed by atoms with van der Waals surface area (Å²) in [6, 6.07) is 6.71. The highest BCUT2D eigenvalue weighted by atomic mass is 16.3. The second kappa shape index (κ2) is 5.14. The van der Waals surface area contributed by atoms with E-state index in [-0.39, 0.29) is 11.7 Å². The predicted octanol–water partition coefficient (Wildman–Crippen LogP) is 2.48. The highest BCUT2D eigenvalue weighted by molar-refractivity contribution is 6.03. The minimum Gasteiger partial charge on any atom is -0.508 e. The topological polar surface area (TPSA) is 67.2 Å². The number of anilines is 1. The lowest BCUT2D eigenvalue weighted by molar-refractivity contribution is 0.101. The standard InChI is InChI=1S/C14H17N3O2/c1-4-17-12(8-10(3)16-17)14(19)15-11-5-6-13(18)9(2)7-11/h5-8,18H,4H2,1-3H3,(H,15,19). The van der Waals surface area contributed by atoms with Gasteiger partial charge in [0.05, 0.1) is 5.69 Å². The SMILES string of the molecule is CCn1nc(C)cc1C(=O)Nc1ccc(O)c(C)c1. The van der Waals surface area contributed by atoms with Gasteiger partial charge in [-0.05, 0) is 50.6 Å². The first kappa shape index (κ1) is 13.1. The Balaban J connectivity index is 2.22. The van der Waals surface area contributed by atoms with Gasteiger partial charge in [-0.25, -0.2) is 0 Å². The molecule has 0 unspecified atom stereocenters. The molecule has 0 bridgehead atoms. The number of carbonyl (C=O) groups excluding carboxylic acids is 1. The van der Waals surface area contributed by atoms with E-state index in [1.54, 1.807) is 35.9 Å². The van der Waals surface area contributed by atoms with Gasteiger partial charge in [-0.1, -0.05) is 0 Å². The second-order valence-corrected chi connectivity index (χ2v) is 4.44. The Hall–Kier alpha value is -2.30. The minimum atomic E-state index is -0.201. The van der Waals surface area contributed by atoms with Crippen LogP contribution < -0.4 is 5.32 Å². The van der Waals surface area contributed by atoms with E-state index in [2.05, 4.69) is 10.4 Å². The number of nitrogens with one attached hydrogen (secondary N) is 1. The number of rotatable bonds is 3. The van der Waals surface area contributed by atoms with Crippen LogP contribution in [0.4, 0.5) is 5.69 Å². The molecular weight excluding hydrogens is 242 g/mol. The molecule has 0 saturated heterocycles. The fourth-order valence-corrected chi connectivity index (χ4v) is 1.90. The van der Waals surface area contributed by atoms with Gasteiger partial charge in [0.15, 0.2) is 0 Å². The summed E-state index contributed by atoms with van der Waals surface area (Å²) in [4.78, 5) is 12.2. The van der Waals surface area contributed by atoms with E-state index < -0.39 is 0 Å². The minimum absolute atomic E-state index is 0.201. The van der Waals surface area contributed by atoms with Crippen LogP contribution in [0.15, 0.2) is 24.3 Å². The summed E-state index contributed by atoms with van der Waals surface area (Å²) in [6.07, 6.45) is 0. The normalized spacial score (nSPS) is 10.5. The lowest BCUT2D eigenvalue weighted by Gasteiger charge is -2.08. The van der Waals surface area contributed by atoms with Crippen molar-refractivity contribution in [2.45, 2.75) is 27.3 Å². The van der Waals surface area contributed by atoms with Crippen LogP contribution in [0.1, 0.15) is 28.7 Å². The first-order valence-corrected chi connectivity index (χ1v) is 6.16. The van der Waals surface area contributed by atoms with Gasteiger partial charge in [0.25, 0.3) is 5.91 Å². The van der Waals surface area contributed by atoms with Gasteiger partial charge in [-0.3, -0.25) is 9.48 Å². The molecule has 1 heterocycles. The summed E-state index contributed by atoms with van der Waals surface area (Å²) in [5.74, 6) is 0.0139. The molecule has 1 aromatic carbocycles. The molecule has 0 saturated carbocycles. The van der Waals surface area contributed by atoms with Gasteiger partial charge in [0, 0.05) is 12.2 Å². The Bertz CT molecular complexity index is 617. The van der Waals surface area contributed by atoms with Gasteiger partial charge < -0.3 is 10.4 Å². The molecule has 2 rings (SSSR count). The van der Waals surface area contributed by atoms with Gasteiger partial charge in [0.1, 0.15) is 11.4 Å². The number of carbonyl (C=O) groups is 1. The Kier molecular flexibility index (Phi) is 3.55. The van der Waals surface area contributed by atoms with Crippen LogP contribution in [-0.4, -0.2) is 20.8 Å². The smallest absolute Gasteiger partial charge is 0.273 e. The summed E-state index contributed by atoms with van der Waals surface area (Å²) < 4.78 is 1.66. The number of nitrogens with zero attached hydrogens (tertiary/aromatic N) is 2. The molecule has 5 nitrogen and oxygen atoms in total. The Labute approximate surface area is 111 Å². The molecule has 1 aromatic heterocycles. The third-order valence-corrected chi connectivity index (χ3v) is 2.89. The highest BCUT2D eigenvalue weighted by Gasteiger charge is 2.13. The Morgan fingerprint density at radius 2 is 2.11 bits per heavy atom. The number of benzene rings is 1. The average Bonchev–Trinajstić information content (AvgIpc) is 2.75. The van der Waals surface area contributed by atoms with E-state index in [0.717, 1.165) is 11.3 Å². The van der Waals surface area contributed by atoms with Crippen molar-refractivity contribution in [3.05, 3.63) is 41.2 Å². The molecule has 2 N–H and O–H groups in total. The Morgan fingerprint density at radius 1 is 1.37 bits per heavy atom. The zero-order valence-corrected chi connectivity index (χ0v) is 11.3. The number of aryl methyl sites for hydroxylation is 3. The lowest BCUT2D eigenvalue weighted by atomic mass is 10.2. The summed E-state index contributed by atoms with van der Waals surface area (Å²) in [5, 5.41) is 16.5.